The molecule has 0 heterocycles. The first-order valence-electron chi connectivity index (χ1n) is 17.6. The maximum Gasteiger partial charge on any atom is 0.334 e. The Morgan fingerprint density at radius 1 is 0.302 bits per heavy atom. The van der Waals surface area contributed by atoms with Crippen LogP contribution in [0.1, 0.15) is 25.7 Å². The molecule has 0 atom stereocenters. The number of hydrogen-bond donors (Lipinski definition) is 6. The van der Waals surface area contributed by atoms with Crippen LogP contribution in [0.15, 0.2) is 46.6 Å². The summed E-state index contributed by atoms with van der Waals surface area (Å²) in [7, 11) is 0. The van der Waals surface area contributed by atoms with E-state index in [1.54, 1.807) is 0 Å². The summed E-state index contributed by atoms with van der Waals surface area (Å²) in [5.41, 5.74) is -2.76. The molecule has 0 aliphatic heterocycles. The largest absolute Gasteiger partial charge is 0.481 e. The van der Waals surface area contributed by atoms with Gasteiger partial charge in [-0.1, -0.05) is 0 Å². The molecule has 0 radical (unpaired) electrons. The Bertz CT molecular complexity index is 1800. The molecule has 63 heavy (non-hydrogen) atoms. The van der Waals surface area contributed by atoms with E-state index in [0.717, 1.165) is 0 Å². The molecule has 6 N–H and O–H groups in total. The molecule has 0 aromatic heterocycles. The smallest absolute Gasteiger partial charge is 0.334 e. The van der Waals surface area contributed by atoms with E-state index in [1.807, 2.05) is 0 Å². The molecular weight excluding hydrogens is 864 g/mol. The summed E-state index contributed by atoms with van der Waals surface area (Å²) in [4.78, 5) is 138. The van der Waals surface area contributed by atoms with Gasteiger partial charge in [-0.25, -0.2) is 38.4 Å². The van der Waals surface area contributed by atoms with Crippen molar-refractivity contribution in [3.05, 3.63) is 46.6 Å². The maximum atomic E-state index is 12.8. The molecule has 0 spiro atoms. The van der Waals surface area contributed by atoms with E-state index in [1.165, 1.54) is 0 Å². The fourth-order valence-corrected chi connectivity index (χ4v) is 3.79. The van der Waals surface area contributed by atoms with E-state index in [0.29, 0.717) is 24.3 Å². The number of hydrogen-bond acceptors (Lipinski definition) is 21. The molecule has 0 amide bonds. The summed E-state index contributed by atoms with van der Waals surface area (Å²) in [6.07, 6.45) is -1.62. The highest BCUT2D eigenvalue weighted by Gasteiger charge is 2.20. The van der Waals surface area contributed by atoms with Crippen molar-refractivity contribution in [1.29, 1.82) is 0 Å². The van der Waals surface area contributed by atoms with Crippen molar-refractivity contribution in [3.8, 4) is 0 Å². The molecule has 348 valence electrons. The van der Waals surface area contributed by atoms with Crippen LogP contribution in [0.2, 0.25) is 0 Å². The molecule has 0 aliphatic rings. The average Bonchev–Trinajstić information content (AvgIpc) is 3.17. The van der Waals surface area contributed by atoms with E-state index in [4.69, 9.17) is 73.3 Å². The Morgan fingerprint density at radius 2 is 0.556 bits per heavy atom. The zero-order chi connectivity index (χ0) is 47.7. The van der Waals surface area contributed by atoms with Gasteiger partial charge in [0.2, 0.25) is 0 Å². The molecule has 27 heteroatoms. The number of carboxylic acids is 6. The van der Waals surface area contributed by atoms with Gasteiger partial charge >= 0.3 is 71.6 Å². The van der Waals surface area contributed by atoms with Gasteiger partial charge in [0.25, 0.3) is 0 Å². The van der Waals surface area contributed by atoms with Gasteiger partial charge in [-0.15, -0.1) is 0 Å². The van der Waals surface area contributed by atoms with E-state index in [9.17, 15) is 57.5 Å². The molecule has 0 unspecified atom stereocenters. The van der Waals surface area contributed by atoms with Crippen LogP contribution in [0.3, 0.4) is 0 Å². The Morgan fingerprint density at radius 3 is 0.825 bits per heavy atom. The van der Waals surface area contributed by atoms with Crippen molar-refractivity contribution in [2.75, 3.05) is 79.3 Å². The monoisotopic (exact) mass is 906 g/mol. The van der Waals surface area contributed by atoms with Crippen LogP contribution in [0.5, 0.6) is 0 Å². The van der Waals surface area contributed by atoms with Gasteiger partial charge < -0.3 is 73.3 Å². The fourth-order valence-electron chi connectivity index (χ4n) is 3.79. The van der Waals surface area contributed by atoms with Crippen LogP contribution in [0.25, 0.3) is 0 Å². The minimum atomic E-state index is -1.65. The number of ether oxygens (including phenoxy) is 9. The van der Waals surface area contributed by atoms with Crippen molar-refractivity contribution >= 4 is 71.6 Å². The third-order valence-electron chi connectivity index (χ3n) is 6.45. The lowest BCUT2D eigenvalue weighted by Crippen LogP contribution is -2.20. The first-order chi connectivity index (χ1) is 29.7. The van der Waals surface area contributed by atoms with Crippen LogP contribution in [0.4, 0.5) is 0 Å². The molecule has 0 fully saturated rings. The summed E-state index contributed by atoms with van der Waals surface area (Å²) >= 11 is 0. The normalized spacial score (nSPS) is 11.7. The van der Waals surface area contributed by atoms with E-state index in [2.05, 4.69) is 0 Å². The minimum absolute atomic E-state index is 0.268. The Balaban J connectivity index is 5.11. The average molecular weight is 907 g/mol. The summed E-state index contributed by atoms with van der Waals surface area (Å²) < 4.78 is 44.3. The van der Waals surface area contributed by atoms with E-state index < -0.39 is 159 Å². The summed E-state index contributed by atoms with van der Waals surface area (Å²) in [5.74, 6) is -16.3. The van der Waals surface area contributed by atoms with Gasteiger partial charge in [0.05, 0.1) is 87.6 Å². The molecule has 0 aromatic rings. The molecule has 0 bridgehead atoms. The van der Waals surface area contributed by atoms with Crippen molar-refractivity contribution in [2.45, 2.75) is 25.7 Å². The van der Waals surface area contributed by atoms with Gasteiger partial charge in [0.15, 0.2) is 0 Å². The highest BCUT2D eigenvalue weighted by Crippen LogP contribution is 2.09. The lowest BCUT2D eigenvalue weighted by Gasteiger charge is -2.10. The third kappa shape index (κ3) is 30.2. The van der Waals surface area contributed by atoms with Crippen LogP contribution in [0, 0.1) is 0 Å². The predicted octanol–water partition coefficient (Wildman–Crippen LogP) is -1.93. The van der Waals surface area contributed by atoms with E-state index >= 15 is 0 Å². The van der Waals surface area contributed by atoms with Crippen LogP contribution < -0.4 is 0 Å². The van der Waals surface area contributed by atoms with E-state index in [-0.39, 0.29) is 39.6 Å². The number of carbonyl (C=O) groups is 12. The van der Waals surface area contributed by atoms with Crippen molar-refractivity contribution < 1.29 is 131 Å². The fraction of sp³-hybridized carbons (Fsp3) is 0.444. The maximum absolute atomic E-state index is 12.8. The molecule has 0 aromatic carbocycles. The second-order valence-electron chi connectivity index (χ2n) is 11.3. The van der Waals surface area contributed by atoms with Gasteiger partial charge in [-0.3, -0.25) is 19.2 Å². The Labute approximate surface area is 353 Å². The predicted molar refractivity (Wildman–Crippen MR) is 195 cm³/mol. The lowest BCUT2D eigenvalue weighted by atomic mass is 10.2. The van der Waals surface area contributed by atoms with Crippen LogP contribution in [-0.4, -0.2) is 182 Å². The number of carbonyl (C=O) groups excluding carboxylic acids is 6. The molecule has 0 saturated carbocycles. The second-order valence-corrected chi connectivity index (χ2v) is 11.3. The van der Waals surface area contributed by atoms with Gasteiger partial charge in [0, 0.05) is 24.3 Å². The molecule has 0 saturated heterocycles. The Hall–Kier alpha value is -7.52. The first-order valence-corrected chi connectivity index (χ1v) is 17.6. The van der Waals surface area contributed by atoms with Crippen molar-refractivity contribution in [3.63, 3.8) is 0 Å². The van der Waals surface area contributed by atoms with Crippen LogP contribution >= 0.6 is 0 Å². The lowest BCUT2D eigenvalue weighted by molar-refractivity contribution is -0.148. The molecule has 0 rings (SSSR count). The minimum Gasteiger partial charge on any atom is -0.481 e. The topological polar surface area (TPSA) is 409 Å². The van der Waals surface area contributed by atoms with Crippen LogP contribution in [-0.2, 0) is 100 Å². The van der Waals surface area contributed by atoms with Crippen molar-refractivity contribution in [1.82, 2.24) is 0 Å². The first kappa shape index (κ1) is 55.5. The summed E-state index contributed by atoms with van der Waals surface area (Å²) in [5, 5.41) is 52.9. The summed E-state index contributed by atoms with van der Waals surface area (Å²) in [6.45, 7) is -4.28. The third-order valence-corrected chi connectivity index (χ3v) is 6.45. The standard InChI is InChI=1S/C36H42O27/c37-25(38)13-21(33(48)49)16-28(43)58-7-1-55-3-10-61-31(46)19-24(36(54)63-12-6-57-5-9-60-30(45)18-23(35(52)53)15-27(41)42)20-32(47)62-11-4-56-2-8-59-29(44)17-22(34(50)51)14-26(39)40/h16-19H,1-15,20H2,(H,37,38)(H,39,40)(H,41,42)(H,48,49)(H,50,51)(H,52,53)/b21-16-,22-17-,23-18-,24-19-. The highest BCUT2D eigenvalue weighted by molar-refractivity contribution is 6.01. The number of aliphatic carboxylic acids is 6. The number of esters is 6. The zero-order valence-electron chi connectivity index (χ0n) is 32.9. The zero-order valence-corrected chi connectivity index (χ0v) is 32.9. The summed E-state index contributed by atoms with van der Waals surface area (Å²) in [6, 6.07) is 0. The SMILES string of the molecule is O=C(O)C/C(=C/C(=O)OCCOCCOC(=O)/C=C(/CC(=O)OCCOCCOC(=O)/C=C(/CC(=O)O)C(=O)O)C(=O)OCCOCCOC(=O)/C=C(/CC(=O)O)C(=O)O)C(=O)O. The number of rotatable bonds is 34. The molecule has 0 aliphatic carbocycles. The van der Waals surface area contributed by atoms with Gasteiger partial charge in [-0.2, -0.15) is 0 Å². The van der Waals surface area contributed by atoms with Gasteiger partial charge in [0.1, 0.15) is 39.6 Å². The number of carboxylic acid groups (broad SMARTS) is 6. The van der Waals surface area contributed by atoms with Gasteiger partial charge in [-0.05, 0) is 0 Å². The molecular formula is C36H42O27. The van der Waals surface area contributed by atoms with Crippen molar-refractivity contribution in [2.24, 2.45) is 0 Å². The molecule has 27 nitrogen and oxygen atoms in total. The highest BCUT2D eigenvalue weighted by atomic mass is 16.6. The second kappa shape index (κ2) is 32.3. The Kier molecular flexibility index (Phi) is 28.4. The quantitative estimate of drug-likeness (QED) is 0.0177.